The van der Waals surface area contributed by atoms with Gasteiger partial charge in [-0.2, -0.15) is 0 Å². The van der Waals surface area contributed by atoms with Crippen molar-refractivity contribution in [3.8, 4) is 0 Å². The first-order chi connectivity index (χ1) is 13.6. The third-order valence-corrected chi connectivity index (χ3v) is 5.22. The Kier molecular flexibility index (Phi) is 5.25. The normalized spacial score (nSPS) is 17.7. The van der Waals surface area contributed by atoms with Gasteiger partial charge in [-0.1, -0.05) is 0 Å². The lowest BCUT2D eigenvalue weighted by Gasteiger charge is -2.35. The van der Waals surface area contributed by atoms with E-state index in [1.54, 1.807) is 30.3 Å². The summed E-state index contributed by atoms with van der Waals surface area (Å²) >= 11 is 0. The topological polar surface area (TPSA) is 83.8 Å². The van der Waals surface area contributed by atoms with Gasteiger partial charge in [0.1, 0.15) is 5.56 Å². The highest BCUT2D eigenvalue weighted by Crippen LogP contribution is 2.18. The second-order valence-corrected chi connectivity index (χ2v) is 6.97. The van der Waals surface area contributed by atoms with Gasteiger partial charge in [-0.05, 0) is 24.3 Å². The maximum atomic E-state index is 12.7. The minimum Gasteiger partial charge on any atom is -0.378 e. The van der Waals surface area contributed by atoms with Crippen LogP contribution < -0.4 is 15.4 Å². The number of ether oxygens (including phenoxy) is 1. The first kappa shape index (κ1) is 18.4. The molecular formula is C19H24N6O3. The number of aryl methyl sites for hydroxylation is 1. The van der Waals surface area contributed by atoms with E-state index in [0.717, 1.165) is 24.7 Å². The average molecular weight is 384 g/mol. The smallest absolute Gasteiger partial charge is 0.263 e. The van der Waals surface area contributed by atoms with Gasteiger partial charge in [0, 0.05) is 52.5 Å². The number of carbonyl (C=O) groups excluding carboxylic acids is 1. The molecular weight excluding hydrogens is 360 g/mol. The van der Waals surface area contributed by atoms with Crippen molar-refractivity contribution in [2.45, 2.75) is 0 Å². The molecule has 0 aromatic carbocycles. The van der Waals surface area contributed by atoms with Gasteiger partial charge < -0.3 is 24.0 Å². The van der Waals surface area contributed by atoms with E-state index < -0.39 is 0 Å². The van der Waals surface area contributed by atoms with Gasteiger partial charge in [0.2, 0.25) is 0 Å². The molecule has 0 N–H and O–H groups in total. The van der Waals surface area contributed by atoms with Gasteiger partial charge in [-0.25, -0.2) is 0 Å². The van der Waals surface area contributed by atoms with E-state index >= 15 is 0 Å². The maximum absolute atomic E-state index is 12.7. The number of hydrogen-bond acceptors (Lipinski definition) is 7. The summed E-state index contributed by atoms with van der Waals surface area (Å²) in [6, 6.07) is 7.27. The minimum atomic E-state index is -0.264. The summed E-state index contributed by atoms with van der Waals surface area (Å²) < 4.78 is 6.79. The molecule has 9 heteroatoms. The summed E-state index contributed by atoms with van der Waals surface area (Å²) in [6.45, 7) is 5.48. The molecule has 0 bridgehead atoms. The van der Waals surface area contributed by atoms with Crippen LogP contribution in [0.4, 0.5) is 11.6 Å². The van der Waals surface area contributed by atoms with Crippen LogP contribution in [-0.2, 0) is 11.8 Å². The first-order valence-electron chi connectivity index (χ1n) is 9.50. The third-order valence-electron chi connectivity index (χ3n) is 5.22. The maximum Gasteiger partial charge on any atom is 0.263 e. The van der Waals surface area contributed by atoms with Crippen LogP contribution >= 0.6 is 0 Å². The predicted octanol–water partition coefficient (Wildman–Crippen LogP) is -0.0257. The molecule has 2 aliphatic heterocycles. The van der Waals surface area contributed by atoms with Gasteiger partial charge >= 0.3 is 0 Å². The molecule has 4 heterocycles. The quantitative estimate of drug-likeness (QED) is 0.735. The fourth-order valence-electron chi connectivity index (χ4n) is 3.52. The minimum absolute atomic E-state index is 0.213. The molecule has 0 radical (unpaired) electrons. The first-order valence-corrected chi connectivity index (χ1v) is 9.50. The van der Waals surface area contributed by atoms with E-state index in [-0.39, 0.29) is 17.0 Å². The van der Waals surface area contributed by atoms with E-state index in [1.807, 2.05) is 12.1 Å². The highest BCUT2D eigenvalue weighted by atomic mass is 16.5. The molecule has 9 nitrogen and oxygen atoms in total. The van der Waals surface area contributed by atoms with Crippen molar-refractivity contribution in [2.24, 2.45) is 7.05 Å². The van der Waals surface area contributed by atoms with Crippen LogP contribution in [0.25, 0.3) is 0 Å². The highest BCUT2D eigenvalue weighted by molar-refractivity contribution is 5.94. The lowest BCUT2D eigenvalue weighted by molar-refractivity contribution is 0.0744. The standard InChI is InChI=1S/C19H24N6O3/c1-22-6-2-3-15(18(22)26)19(27)25-9-7-23(8-10-25)16-4-5-17(21-20-16)24-11-13-28-14-12-24/h2-6H,7-14H2,1H3. The summed E-state index contributed by atoms with van der Waals surface area (Å²) in [4.78, 5) is 30.9. The number of pyridine rings is 1. The molecule has 0 spiro atoms. The molecule has 4 rings (SSSR count). The number of piperazine rings is 1. The number of amides is 1. The lowest BCUT2D eigenvalue weighted by Crippen LogP contribution is -2.50. The fraction of sp³-hybridized carbons (Fsp3) is 0.474. The Morgan fingerprint density at radius 2 is 1.54 bits per heavy atom. The molecule has 0 atom stereocenters. The summed E-state index contributed by atoms with van der Waals surface area (Å²) in [5.74, 6) is 1.45. The van der Waals surface area contributed by atoms with Gasteiger partial charge in [0.05, 0.1) is 13.2 Å². The Hall–Kier alpha value is -2.94. The van der Waals surface area contributed by atoms with Crippen molar-refractivity contribution in [1.29, 1.82) is 0 Å². The molecule has 2 aliphatic rings. The number of hydrogen-bond donors (Lipinski definition) is 0. The second-order valence-electron chi connectivity index (χ2n) is 6.97. The molecule has 0 aliphatic carbocycles. The predicted molar refractivity (Wildman–Crippen MR) is 105 cm³/mol. The third kappa shape index (κ3) is 3.70. The summed E-state index contributed by atoms with van der Waals surface area (Å²) in [6.07, 6.45) is 1.65. The van der Waals surface area contributed by atoms with Crippen molar-refractivity contribution >= 4 is 17.5 Å². The highest BCUT2D eigenvalue weighted by Gasteiger charge is 2.25. The Morgan fingerprint density at radius 3 is 2.14 bits per heavy atom. The lowest BCUT2D eigenvalue weighted by atomic mass is 10.2. The Morgan fingerprint density at radius 1 is 0.929 bits per heavy atom. The summed E-state index contributed by atoms with van der Waals surface area (Å²) in [5.41, 5.74) is -0.0485. The second kappa shape index (κ2) is 7.97. The SMILES string of the molecule is Cn1cccc(C(=O)N2CCN(c3ccc(N4CCOCC4)nn3)CC2)c1=O. The molecule has 2 aromatic heterocycles. The summed E-state index contributed by atoms with van der Waals surface area (Å²) in [7, 11) is 1.65. The zero-order valence-electron chi connectivity index (χ0n) is 16.0. The number of rotatable bonds is 3. The van der Waals surface area contributed by atoms with Crippen LogP contribution in [0.5, 0.6) is 0 Å². The number of nitrogens with zero attached hydrogens (tertiary/aromatic N) is 6. The molecule has 2 saturated heterocycles. The van der Waals surface area contributed by atoms with Crippen LogP contribution in [0.1, 0.15) is 10.4 Å². The molecule has 2 aromatic rings. The Balaban J connectivity index is 1.38. The van der Waals surface area contributed by atoms with Crippen molar-refractivity contribution in [3.63, 3.8) is 0 Å². The Labute approximate surface area is 163 Å². The molecule has 1 amide bonds. The van der Waals surface area contributed by atoms with Gasteiger partial charge in [-0.15, -0.1) is 10.2 Å². The van der Waals surface area contributed by atoms with Crippen LogP contribution in [0, 0.1) is 0 Å². The molecule has 28 heavy (non-hydrogen) atoms. The van der Waals surface area contributed by atoms with Crippen molar-refractivity contribution < 1.29 is 9.53 Å². The van der Waals surface area contributed by atoms with Crippen molar-refractivity contribution in [3.05, 3.63) is 46.4 Å². The molecule has 2 fully saturated rings. The van der Waals surface area contributed by atoms with E-state index in [4.69, 9.17) is 4.74 Å². The van der Waals surface area contributed by atoms with E-state index in [2.05, 4.69) is 20.0 Å². The molecule has 0 unspecified atom stereocenters. The van der Waals surface area contributed by atoms with E-state index in [0.29, 0.717) is 39.4 Å². The zero-order chi connectivity index (χ0) is 19.5. The monoisotopic (exact) mass is 384 g/mol. The van der Waals surface area contributed by atoms with Crippen LogP contribution in [0.3, 0.4) is 0 Å². The number of aromatic nitrogens is 3. The van der Waals surface area contributed by atoms with Crippen LogP contribution in [-0.4, -0.2) is 78.1 Å². The van der Waals surface area contributed by atoms with E-state index in [1.165, 1.54) is 4.57 Å². The molecule has 0 saturated carbocycles. The zero-order valence-corrected chi connectivity index (χ0v) is 16.0. The Bertz CT molecular complexity index is 883. The largest absolute Gasteiger partial charge is 0.378 e. The average Bonchev–Trinajstić information content (AvgIpc) is 2.76. The van der Waals surface area contributed by atoms with Gasteiger partial charge in [-0.3, -0.25) is 9.59 Å². The van der Waals surface area contributed by atoms with E-state index in [9.17, 15) is 9.59 Å². The fourth-order valence-corrected chi connectivity index (χ4v) is 3.52. The van der Waals surface area contributed by atoms with Crippen molar-refractivity contribution in [2.75, 3.05) is 62.3 Å². The number of morpholine rings is 1. The molecule has 148 valence electrons. The van der Waals surface area contributed by atoms with Crippen molar-refractivity contribution in [1.82, 2.24) is 19.7 Å². The number of anilines is 2. The van der Waals surface area contributed by atoms with Gasteiger partial charge in [0.15, 0.2) is 11.6 Å². The summed E-state index contributed by atoms with van der Waals surface area (Å²) in [5, 5.41) is 8.72. The number of carbonyl (C=O) groups is 1. The van der Waals surface area contributed by atoms with Crippen LogP contribution in [0.15, 0.2) is 35.3 Å². The van der Waals surface area contributed by atoms with Gasteiger partial charge in [0.25, 0.3) is 11.5 Å². The van der Waals surface area contributed by atoms with Crippen LogP contribution in [0.2, 0.25) is 0 Å².